The zero-order valence-electron chi connectivity index (χ0n) is 8.37. The van der Waals surface area contributed by atoms with Gasteiger partial charge in [-0.05, 0) is 31.5 Å². The third-order valence-corrected chi connectivity index (χ3v) is 1.99. The van der Waals surface area contributed by atoms with E-state index >= 15 is 0 Å². The molecule has 4 heteroatoms. The molecule has 0 amide bonds. The average Bonchev–Trinajstić information content (AvgIpc) is 2.25. The van der Waals surface area contributed by atoms with Crippen molar-refractivity contribution in [2.75, 3.05) is 18.4 Å². The molecule has 0 aromatic carbocycles. The largest absolute Gasteiger partial charge is 0.385 e. The molecule has 4 nitrogen and oxygen atoms in total. The lowest BCUT2D eigenvalue weighted by atomic mass is 10.3. The minimum absolute atomic E-state index is 0.484. The summed E-state index contributed by atoms with van der Waals surface area (Å²) < 4.78 is 0. The first-order valence-electron chi connectivity index (χ1n) is 4.95. The predicted molar refractivity (Wildman–Crippen MR) is 58.9 cm³/mol. The Balaban J connectivity index is 2.34. The second-order valence-corrected chi connectivity index (χ2v) is 3.16. The van der Waals surface area contributed by atoms with E-state index in [2.05, 4.69) is 10.3 Å². The van der Waals surface area contributed by atoms with Crippen molar-refractivity contribution in [2.45, 2.75) is 19.4 Å². The number of nitrogens with two attached hydrogens (primary N) is 2. The molecule has 0 saturated carbocycles. The van der Waals surface area contributed by atoms with Gasteiger partial charge in [0.2, 0.25) is 0 Å². The van der Waals surface area contributed by atoms with Gasteiger partial charge in [-0.1, -0.05) is 0 Å². The van der Waals surface area contributed by atoms with Gasteiger partial charge >= 0.3 is 0 Å². The lowest BCUT2D eigenvalue weighted by molar-refractivity contribution is 0.774. The molecule has 1 heterocycles. The first-order valence-corrected chi connectivity index (χ1v) is 4.95. The molecule has 0 spiro atoms. The normalized spacial score (nSPS) is 10.1. The van der Waals surface area contributed by atoms with E-state index in [1.165, 1.54) is 0 Å². The summed E-state index contributed by atoms with van der Waals surface area (Å²) in [6, 6.07) is 3.92. The maximum atomic E-state index is 5.49. The standard InChI is InChI=1S/C10H18N4/c11-4-1-2-5-13-9-3-6-14-10(7-9)8-12/h3,6-7H,1-2,4-5,8,11-12H2,(H,13,14). The van der Waals surface area contributed by atoms with Crippen LogP contribution < -0.4 is 16.8 Å². The average molecular weight is 194 g/mol. The molecule has 0 saturated heterocycles. The van der Waals surface area contributed by atoms with Gasteiger partial charge in [0.15, 0.2) is 0 Å². The third kappa shape index (κ3) is 3.72. The summed E-state index contributed by atoms with van der Waals surface area (Å²) in [5, 5.41) is 3.30. The van der Waals surface area contributed by atoms with Crippen LogP contribution in [0.25, 0.3) is 0 Å². The summed E-state index contributed by atoms with van der Waals surface area (Å²) in [5.41, 5.74) is 12.9. The lowest BCUT2D eigenvalue weighted by Crippen LogP contribution is -2.06. The molecular formula is C10H18N4. The van der Waals surface area contributed by atoms with Gasteiger partial charge in [0.1, 0.15) is 0 Å². The maximum absolute atomic E-state index is 5.49. The Kier molecular flexibility index (Phi) is 4.96. The van der Waals surface area contributed by atoms with E-state index in [1.807, 2.05) is 12.1 Å². The van der Waals surface area contributed by atoms with Gasteiger partial charge in [0.05, 0.1) is 5.69 Å². The molecule has 0 unspecified atom stereocenters. The van der Waals surface area contributed by atoms with Gasteiger partial charge < -0.3 is 16.8 Å². The van der Waals surface area contributed by atoms with Crippen molar-refractivity contribution in [3.05, 3.63) is 24.0 Å². The Morgan fingerprint density at radius 3 is 2.86 bits per heavy atom. The van der Waals surface area contributed by atoms with Gasteiger partial charge in [0, 0.05) is 25.0 Å². The first-order chi connectivity index (χ1) is 6.86. The first kappa shape index (κ1) is 10.9. The molecule has 0 aliphatic carbocycles. The number of unbranched alkanes of at least 4 members (excludes halogenated alkanes) is 1. The molecule has 0 bridgehead atoms. The van der Waals surface area contributed by atoms with Crippen molar-refractivity contribution in [2.24, 2.45) is 11.5 Å². The van der Waals surface area contributed by atoms with E-state index in [0.717, 1.165) is 37.3 Å². The molecule has 5 N–H and O–H groups in total. The second kappa shape index (κ2) is 6.34. The fraction of sp³-hybridized carbons (Fsp3) is 0.500. The molecule has 1 rings (SSSR count). The zero-order valence-corrected chi connectivity index (χ0v) is 8.37. The Morgan fingerprint density at radius 1 is 1.29 bits per heavy atom. The van der Waals surface area contributed by atoms with Crippen LogP contribution in [0.15, 0.2) is 18.3 Å². The number of hydrogen-bond donors (Lipinski definition) is 3. The molecule has 1 aromatic rings. The van der Waals surface area contributed by atoms with Crippen LogP contribution in [-0.2, 0) is 6.54 Å². The van der Waals surface area contributed by atoms with E-state index in [1.54, 1.807) is 6.20 Å². The number of anilines is 1. The van der Waals surface area contributed by atoms with Gasteiger partial charge in [-0.15, -0.1) is 0 Å². The highest BCUT2D eigenvalue weighted by molar-refractivity contribution is 5.42. The molecule has 0 fully saturated rings. The molecular weight excluding hydrogens is 176 g/mol. The van der Waals surface area contributed by atoms with Gasteiger partial charge in [-0.25, -0.2) is 0 Å². The minimum Gasteiger partial charge on any atom is -0.385 e. The Bertz CT molecular complexity index is 262. The van der Waals surface area contributed by atoms with Crippen LogP contribution in [0.3, 0.4) is 0 Å². The monoisotopic (exact) mass is 194 g/mol. The molecule has 0 atom stereocenters. The van der Waals surface area contributed by atoms with Crippen molar-refractivity contribution < 1.29 is 0 Å². The number of rotatable bonds is 6. The highest BCUT2D eigenvalue weighted by Crippen LogP contribution is 2.07. The lowest BCUT2D eigenvalue weighted by Gasteiger charge is -2.06. The van der Waals surface area contributed by atoms with Crippen molar-refractivity contribution >= 4 is 5.69 Å². The summed E-state index contributed by atoms with van der Waals surface area (Å²) in [6.07, 6.45) is 3.92. The van der Waals surface area contributed by atoms with E-state index in [9.17, 15) is 0 Å². The van der Waals surface area contributed by atoms with Crippen molar-refractivity contribution in [3.63, 3.8) is 0 Å². The number of aromatic nitrogens is 1. The van der Waals surface area contributed by atoms with E-state index in [4.69, 9.17) is 11.5 Å². The molecule has 0 aliphatic heterocycles. The second-order valence-electron chi connectivity index (χ2n) is 3.16. The molecule has 0 aliphatic rings. The predicted octanol–water partition coefficient (Wildman–Crippen LogP) is 0.691. The fourth-order valence-electron chi connectivity index (χ4n) is 1.20. The number of nitrogens with one attached hydrogen (secondary N) is 1. The topological polar surface area (TPSA) is 77.0 Å². The smallest absolute Gasteiger partial charge is 0.0559 e. The van der Waals surface area contributed by atoms with Crippen LogP contribution >= 0.6 is 0 Å². The quantitative estimate of drug-likeness (QED) is 0.582. The highest BCUT2D eigenvalue weighted by Gasteiger charge is 1.94. The van der Waals surface area contributed by atoms with Crippen molar-refractivity contribution in [3.8, 4) is 0 Å². The molecule has 78 valence electrons. The van der Waals surface area contributed by atoms with Crippen LogP contribution in [0.4, 0.5) is 5.69 Å². The van der Waals surface area contributed by atoms with Crippen LogP contribution in [0.1, 0.15) is 18.5 Å². The molecule has 1 aromatic heterocycles. The summed E-state index contributed by atoms with van der Waals surface area (Å²) in [4.78, 5) is 4.12. The Morgan fingerprint density at radius 2 is 2.14 bits per heavy atom. The minimum atomic E-state index is 0.484. The SMILES string of the molecule is NCCCCNc1ccnc(CN)c1. The van der Waals surface area contributed by atoms with Crippen LogP contribution in [-0.4, -0.2) is 18.1 Å². The Hall–Kier alpha value is -1.13. The van der Waals surface area contributed by atoms with E-state index < -0.39 is 0 Å². The maximum Gasteiger partial charge on any atom is 0.0559 e. The zero-order chi connectivity index (χ0) is 10.2. The van der Waals surface area contributed by atoms with E-state index in [-0.39, 0.29) is 0 Å². The summed E-state index contributed by atoms with van der Waals surface area (Å²) in [6.45, 7) is 2.19. The number of pyridine rings is 1. The summed E-state index contributed by atoms with van der Waals surface area (Å²) in [7, 11) is 0. The fourth-order valence-corrected chi connectivity index (χ4v) is 1.20. The number of hydrogen-bond acceptors (Lipinski definition) is 4. The Labute approximate surface area is 84.7 Å². The summed E-state index contributed by atoms with van der Waals surface area (Å²) >= 11 is 0. The third-order valence-electron chi connectivity index (χ3n) is 1.99. The van der Waals surface area contributed by atoms with Crippen molar-refractivity contribution in [1.82, 2.24) is 4.98 Å². The number of nitrogens with zero attached hydrogens (tertiary/aromatic N) is 1. The van der Waals surface area contributed by atoms with Crippen LogP contribution in [0.5, 0.6) is 0 Å². The molecule has 0 radical (unpaired) electrons. The van der Waals surface area contributed by atoms with Crippen molar-refractivity contribution in [1.29, 1.82) is 0 Å². The van der Waals surface area contributed by atoms with Gasteiger partial charge in [-0.2, -0.15) is 0 Å². The van der Waals surface area contributed by atoms with Crippen LogP contribution in [0.2, 0.25) is 0 Å². The van der Waals surface area contributed by atoms with Gasteiger partial charge in [0.25, 0.3) is 0 Å². The van der Waals surface area contributed by atoms with E-state index in [0.29, 0.717) is 6.54 Å². The highest BCUT2D eigenvalue weighted by atomic mass is 14.9. The molecule has 14 heavy (non-hydrogen) atoms. The summed E-state index contributed by atoms with van der Waals surface area (Å²) in [5.74, 6) is 0. The van der Waals surface area contributed by atoms with Gasteiger partial charge in [-0.3, -0.25) is 4.98 Å². The van der Waals surface area contributed by atoms with Crippen LogP contribution in [0, 0.1) is 0 Å².